The van der Waals surface area contributed by atoms with Gasteiger partial charge in [-0.1, -0.05) is 91.3 Å². The van der Waals surface area contributed by atoms with Crippen LogP contribution in [0.15, 0.2) is 84.9 Å². The Bertz CT molecular complexity index is 1240. The first-order valence-electron chi connectivity index (χ1n) is 14.8. The van der Waals surface area contributed by atoms with E-state index in [1.54, 1.807) is 0 Å². The van der Waals surface area contributed by atoms with Crippen molar-refractivity contribution >= 4 is 23.6 Å². The number of hydrogen-bond donors (Lipinski definition) is 4. The second-order valence-electron chi connectivity index (χ2n) is 11.3. The van der Waals surface area contributed by atoms with Crippen LogP contribution in [0.2, 0.25) is 5.02 Å². The maximum Gasteiger partial charge on any atom is 0.315 e. The predicted molar refractivity (Wildman–Crippen MR) is 167 cm³/mol. The second-order valence-corrected chi connectivity index (χ2v) is 11.8. The van der Waals surface area contributed by atoms with Crippen LogP contribution in [0.4, 0.5) is 4.79 Å². The molecule has 1 unspecified atom stereocenters. The zero-order chi connectivity index (χ0) is 30.0. The van der Waals surface area contributed by atoms with Crippen molar-refractivity contribution in [1.82, 2.24) is 15.5 Å². The number of nitrogens with zero attached hydrogens (tertiary/aromatic N) is 1. The van der Waals surface area contributed by atoms with Gasteiger partial charge in [-0.2, -0.15) is 0 Å². The molecule has 2 amide bonds. The number of benzene rings is 3. The number of aliphatic carboxylic acids is 1. The molecule has 3 aromatic rings. The van der Waals surface area contributed by atoms with Gasteiger partial charge in [-0.3, -0.25) is 4.79 Å². The molecule has 1 fully saturated rings. The van der Waals surface area contributed by atoms with E-state index in [1.807, 2.05) is 67.6 Å². The summed E-state index contributed by atoms with van der Waals surface area (Å²) in [5.74, 6) is -0.936. The fourth-order valence-electron chi connectivity index (χ4n) is 6.04. The predicted octanol–water partition coefficient (Wildman–Crippen LogP) is 5.94. The van der Waals surface area contributed by atoms with Crippen LogP contribution in [0, 0.1) is 0 Å². The van der Waals surface area contributed by atoms with E-state index in [4.69, 9.17) is 11.6 Å². The summed E-state index contributed by atoms with van der Waals surface area (Å²) in [4.78, 5) is 26.6. The standard InChI is InChI=1S/C34H42ClN3O4/c1-2-30(24-31(39)40)37-32(41)36-25-33(26-10-5-3-6-11-26,27-12-7-4-8-13-27)18-9-21-38-22-19-34(42,20-23-38)28-14-16-29(35)17-15-28/h3-8,10-17,30,42H,2,9,18-25H2,1H3,(H,39,40)(H2,36,37,41). The highest BCUT2D eigenvalue weighted by atomic mass is 35.5. The van der Waals surface area contributed by atoms with Gasteiger partial charge in [0.15, 0.2) is 0 Å². The zero-order valence-electron chi connectivity index (χ0n) is 24.3. The third-order valence-electron chi connectivity index (χ3n) is 8.60. The molecule has 0 spiro atoms. The Morgan fingerprint density at radius 3 is 2.05 bits per heavy atom. The number of urea groups is 1. The molecule has 4 N–H and O–H groups in total. The van der Waals surface area contributed by atoms with Crippen LogP contribution in [-0.2, 0) is 15.8 Å². The van der Waals surface area contributed by atoms with Crippen LogP contribution in [0.5, 0.6) is 0 Å². The molecule has 0 saturated carbocycles. The van der Waals surface area contributed by atoms with Gasteiger partial charge in [-0.25, -0.2) is 4.79 Å². The molecule has 0 bridgehead atoms. The fraction of sp³-hybridized carbons (Fsp3) is 0.412. The first-order valence-corrected chi connectivity index (χ1v) is 15.2. The van der Waals surface area contributed by atoms with E-state index in [0.29, 0.717) is 30.8 Å². The van der Waals surface area contributed by atoms with Crippen molar-refractivity contribution in [1.29, 1.82) is 0 Å². The highest BCUT2D eigenvalue weighted by Crippen LogP contribution is 2.38. The van der Waals surface area contributed by atoms with Gasteiger partial charge < -0.3 is 25.7 Å². The van der Waals surface area contributed by atoms with Gasteiger partial charge in [-0.15, -0.1) is 0 Å². The molecular formula is C34H42ClN3O4. The summed E-state index contributed by atoms with van der Waals surface area (Å²) in [6.45, 7) is 4.70. The average Bonchev–Trinajstić information content (AvgIpc) is 3.00. The van der Waals surface area contributed by atoms with E-state index in [0.717, 1.165) is 49.2 Å². The first kappa shape index (κ1) is 31.5. The van der Waals surface area contributed by atoms with Crippen LogP contribution in [0.1, 0.15) is 62.1 Å². The number of hydrogen-bond acceptors (Lipinski definition) is 4. The molecule has 0 aromatic heterocycles. The number of halogens is 1. The largest absolute Gasteiger partial charge is 0.481 e. The molecule has 8 heteroatoms. The van der Waals surface area contributed by atoms with Crippen LogP contribution in [0.3, 0.4) is 0 Å². The summed E-state index contributed by atoms with van der Waals surface area (Å²) in [6.07, 6.45) is 3.43. The molecule has 1 aliphatic rings. The second kappa shape index (κ2) is 14.7. The first-order chi connectivity index (χ1) is 20.2. The van der Waals surface area contributed by atoms with E-state index >= 15 is 0 Å². The van der Waals surface area contributed by atoms with E-state index in [9.17, 15) is 19.8 Å². The normalized spacial score (nSPS) is 16.0. The smallest absolute Gasteiger partial charge is 0.315 e. The summed E-state index contributed by atoms with van der Waals surface area (Å²) >= 11 is 6.05. The maximum absolute atomic E-state index is 13.0. The van der Waals surface area contributed by atoms with E-state index in [2.05, 4.69) is 39.8 Å². The highest BCUT2D eigenvalue weighted by Gasteiger charge is 2.36. The lowest BCUT2D eigenvalue weighted by Crippen LogP contribution is -2.48. The Morgan fingerprint density at radius 2 is 1.52 bits per heavy atom. The Labute approximate surface area is 253 Å². The number of carboxylic acids is 1. The minimum Gasteiger partial charge on any atom is -0.481 e. The van der Waals surface area contributed by atoms with Crippen molar-refractivity contribution in [2.75, 3.05) is 26.2 Å². The van der Waals surface area contributed by atoms with E-state index < -0.39 is 23.0 Å². The van der Waals surface area contributed by atoms with Crippen molar-refractivity contribution in [2.45, 2.75) is 62.5 Å². The highest BCUT2D eigenvalue weighted by molar-refractivity contribution is 6.30. The number of piperidine rings is 1. The Balaban J connectivity index is 1.47. The number of rotatable bonds is 13. The maximum atomic E-state index is 13.0. The lowest BCUT2D eigenvalue weighted by Gasteiger charge is -2.40. The Kier molecular flexibility index (Phi) is 11.0. The number of likely N-dealkylation sites (tertiary alicyclic amines) is 1. The number of carbonyl (C=O) groups is 2. The SMILES string of the molecule is CCC(CC(=O)O)NC(=O)NCC(CCCN1CCC(O)(c2ccc(Cl)cc2)CC1)(c1ccccc1)c1ccccc1. The number of carbonyl (C=O) groups excluding carboxylic acids is 1. The number of carboxylic acid groups (broad SMARTS) is 1. The minimum absolute atomic E-state index is 0.116. The van der Waals surface area contributed by atoms with Crippen molar-refractivity contribution in [3.8, 4) is 0 Å². The molecule has 3 aromatic carbocycles. The topological polar surface area (TPSA) is 102 Å². The number of amides is 2. The third kappa shape index (κ3) is 8.12. The Hall–Kier alpha value is -3.39. The lowest BCUT2D eigenvalue weighted by molar-refractivity contribution is -0.137. The van der Waals surface area contributed by atoms with Gasteiger partial charge in [0.1, 0.15) is 0 Å². The van der Waals surface area contributed by atoms with E-state index in [1.165, 1.54) is 0 Å². The van der Waals surface area contributed by atoms with Gasteiger partial charge in [0.25, 0.3) is 0 Å². The van der Waals surface area contributed by atoms with Crippen molar-refractivity contribution in [3.05, 3.63) is 107 Å². The molecule has 7 nitrogen and oxygen atoms in total. The summed E-state index contributed by atoms with van der Waals surface area (Å²) in [5, 5.41) is 27.1. The van der Waals surface area contributed by atoms with Gasteiger partial charge in [0, 0.05) is 36.1 Å². The molecule has 1 heterocycles. The molecule has 42 heavy (non-hydrogen) atoms. The molecule has 4 rings (SSSR count). The fourth-order valence-corrected chi connectivity index (χ4v) is 6.16. The molecule has 1 saturated heterocycles. The molecule has 0 aliphatic carbocycles. The minimum atomic E-state index is -0.936. The molecule has 0 radical (unpaired) electrons. The van der Waals surface area contributed by atoms with Gasteiger partial charge in [0.2, 0.25) is 0 Å². The summed E-state index contributed by atoms with van der Waals surface area (Å²) < 4.78 is 0. The van der Waals surface area contributed by atoms with Crippen molar-refractivity contribution in [3.63, 3.8) is 0 Å². The Morgan fingerprint density at radius 1 is 0.952 bits per heavy atom. The number of nitrogens with one attached hydrogen (secondary N) is 2. The van der Waals surface area contributed by atoms with Crippen LogP contribution < -0.4 is 10.6 Å². The molecule has 1 aliphatic heterocycles. The van der Waals surface area contributed by atoms with Gasteiger partial charge >= 0.3 is 12.0 Å². The molecular weight excluding hydrogens is 550 g/mol. The lowest BCUT2D eigenvalue weighted by atomic mass is 9.71. The average molecular weight is 592 g/mol. The van der Waals surface area contributed by atoms with Crippen molar-refractivity contribution < 1.29 is 19.8 Å². The summed E-state index contributed by atoms with van der Waals surface area (Å²) in [5.41, 5.74) is 1.83. The van der Waals surface area contributed by atoms with Gasteiger partial charge in [-0.05, 0) is 67.5 Å². The van der Waals surface area contributed by atoms with Crippen LogP contribution in [-0.4, -0.2) is 59.3 Å². The summed E-state index contributed by atoms with van der Waals surface area (Å²) in [7, 11) is 0. The summed E-state index contributed by atoms with van der Waals surface area (Å²) in [6, 6.07) is 27.2. The number of aliphatic hydroxyl groups is 1. The van der Waals surface area contributed by atoms with Crippen molar-refractivity contribution in [2.24, 2.45) is 0 Å². The van der Waals surface area contributed by atoms with E-state index in [-0.39, 0.29) is 12.5 Å². The van der Waals surface area contributed by atoms with Gasteiger partial charge in [0.05, 0.1) is 12.0 Å². The quantitative estimate of drug-likeness (QED) is 0.197. The van der Waals surface area contributed by atoms with Crippen LogP contribution >= 0.6 is 11.6 Å². The monoisotopic (exact) mass is 591 g/mol. The third-order valence-corrected chi connectivity index (χ3v) is 8.85. The molecule has 1 atom stereocenters. The zero-order valence-corrected chi connectivity index (χ0v) is 25.0. The van der Waals surface area contributed by atoms with Crippen LogP contribution in [0.25, 0.3) is 0 Å². The molecule has 224 valence electrons.